The molecule has 0 bridgehead atoms. The molecule has 0 aliphatic carbocycles. The van der Waals surface area contributed by atoms with Crippen molar-refractivity contribution in [1.29, 1.82) is 0 Å². The van der Waals surface area contributed by atoms with E-state index in [1.807, 2.05) is 0 Å². The number of pyridine rings is 1. The quantitative estimate of drug-likeness (QED) is 0.678. The molecule has 1 aliphatic rings. The summed E-state index contributed by atoms with van der Waals surface area (Å²) in [7, 11) is 0. The second-order valence-corrected chi connectivity index (χ2v) is 3.39. The van der Waals surface area contributed by atoms with Crippen molar-refractivity contribution in [3.05, 3.63) is 29.8 Å². The normalized spacial score (nSPS) is 15.9. The summed E-state index contributed by atoms with van der Waals surface area (Å²) in [5, 5.41) is 0. The Bertz CT molecular complexity index is 348. The monoisotopic (exact) mass is 194 g/mol. The first-order chi connectivity index (χ1) is 6.77. The molecule has 1 fully saturated rings. The highest BCUT2D eigenvalue weighted by molar-refractivity contribution is 5.94. The fraction of sp³-hybridized carbons (Fsp3) is 0.400. The predicted octanol–water partition coefficient (Wildman–Crippen LogP) is 1.46. The molecule has 0 radical (unpaired) electrons. The molecule has 14 heavy (non-hydrogen) atoms. The van der Waals surface area contributed by atoms with Gasteiger partial charge in [-0.3, -0.25) is 9.78 Å². The average Bonchev–Trinajstić information content (AvgIpc) is 2.69. The molecule has 2 heterocycles. The standard InChI is InChI=1S/C10H11FN2O/c11-9-5-8(6-12-7-9)10(14)13-3-1-2-4-13/h5-7H,1-4H2. The van der Waals surface area contributed by atoms with E-state index < -0.39 is 5.82 Å². The first-order valence-electron chi connectivity index (χ1n) is 4.67. The zero-order valence-electron chi connectivity index (χ0n) is 7.74. The maximum atomic E-state index is 12.8. The minimum Gasteiger partial charge on any atom is -0.339 e. The van der Waals surface area contributed by atoms with E-state index in [-0.39, 0.29) is 5.91 Å². The first kappa shape index (κ1) is 9.12. The Morgan fingerprint density at radius 3 is 2.71 bits per heavy atom. The number of halogens is 1. The topological polar surface area (TPSA) is 33.2 Å². The van der Waals surface area contributed by atoms with Gasteiger partial charge in [-0.15, -0.1) is 0 Å². The van der Waals surface area contributed by atoms with Crippen LogP contribution in [0.5, 0.6) is 0 Å². The van der Waals surface area contributed by atoms with E-state index in [0.717, 1.165) is 32.1 Å². The minimum absolute atomic E-state index is 0.116. The summed E-state index contributed by atoms with van der Waals surface area (Å²) >= 11 is 0. The summed E-state index contributed by atoms with van der Waals surface area (Å²) in [4.78, 5) is 17.1. The largest absolute Gasteiger partial charge is 0.339 e. The van der Waals surface area contributed by atoms with Gasteiger partial charge in [-0.25, -0.2) is 4.39 Å². The molecule has 74 valence electrons. The maximum absolute atomic E-state index is 12.8. The molecular weight excluding hydrogens is 183 g/mol. The van der Waals surface area contributed by atoms with Gasteiger partial charge in [-0.1, -0.05) is 0 Å². The molecule has 0 aromatic carbocycles. The molecule has 1 aromatic heterocycles. The Balaban J connectivity index is 2.17. The predicted molar refractivity (Wildman–Crippen MR) is 49.3 cm³/mol. The lowest BCUT2D eigenvalue weighted by Gasteiger charge is -2.14. The van der Waals surface area contributed by atoms with Gasteiger partial charge in [-0.05, 0) is 18.9 Å². The molecular formula is C10H11FN2O. The van der Waals surface area contributed by atoms with Crippen LogP contribution in [0.25, 0.3) is 0 Å². The van der Waals surface area contributed by atoms with Gasteiger partial charge in [-0.2, -0.15) is 0 Å². The number of hydrogen-bond acceptors (Lipinski definition) is 2. The molecule has 1 aromatic rings. The molecule has 0 unspecified atom stereocenters. The van der Waals surface area contributed by atoms with E-state index in [1.54, 1.807) is 4.90 Å². The zero-order chi connectivity index (χ0) is 9.97. The van der Waals surface area contributed by atoms with E-state index in [1.165, 1.54) is 12.3 Å². The lowest BCUT2D eigenvalue weighted by molar-refractivity contribution is 0.0792. The summed E-state index contributed by atoms with van der Waals surface area (Å²) in [6.45, 7) is 1.55. The van der Waals surface area contributed by atoms with Crippen molar-refractivity contribution in [3.8, 4) is 0 Å². The highest BCUT2D eigenvalue weighted by Gasteiger charge is 2.19. The second-order valence-electron chi connectivity index (χ2n) is 3.39. The van der Waals surface area contributed by atoms with Crippen LogP contribution in [0.1, 0.15) is 23.2 Å². The van der Waals surface area contributed by atoms with Crippen molar-refractivity contribution in [1.82, 2.24) is 9.88 Å². The van der Waals surface area contributed by atoms with Crippen LogP contribution in [0, 0.1) is 5.82 Å². The third-order valence-electron chi connectivity index (χ3n) is 2.35. The minimum atomic E-state index is -0.463. The summed E-state index contributed by atoms with van der Waals surface area (Å²) in [6.07, 6.45) is 4.58. The van der Waals surface area contributed by atoms with Gasteiger partial charge in [0, 0.05) is 19.3 Å². The van der Waals surface area contributed by atoms with Gasteiger partial charge in [0.05, 0.1) is 11.8 Å². The average molecular weight is 194 g/mol. The van der Waals surface area contributed by atoms with Gasteiger partial charge in [0.2, 0.25) is 0 Å². The van der Waals surface area contributed by atoms with Crippen LogP contribution in [0.2, 0.25) is 0 Å². The van der Waals surface area contributed by atoms with Crippen LogP contribution in [0.15, 0.2) is 18.5 Å². The maximum Gasteiger partial charge on any atom is 0.255 e. The van der Waals surface area contributed by atoms with E-state index in [2.05, 4.69) is 4.98 Å². The van der Waals surface area contributed by atoms with Crippen LogP contribution in [-0.2, 0) is 0 Å². The van der Waals surface area contributed by atoms with Gasteiger partial charge < -0.3 is 4.90 Å². The molecule has 1 amide bonds. The van der Waals surface area contributed by atoms with Crippen molar-refractivity contribution in [2.75, 3.05) is 13.1 Å². The molecule has 0 saturated carbocycles. The van der Waals surface area contributed by atoms with E-state index >= 15 is 0 Å². The number of amides is 1. The van der Waals surface area contributed by atoms with E-state index in [4.69, 9.17) is 0 Å². The number of hydrogen-bond donors (Lipinski definition) is 0. The number of likely N-dealkylation sites (tertiary alicyclic amines) is 1. The Labute approximate surface area is 81.6 Å². The molecule has 1 aliphatic heterocycles. The van der Waals surface area contributed by atoms with Crippen molar-refractivity contribution < 1.29 is 9.18 Å². The van der Waals surface area contributed by atoms with Crippen LogP contribution >= 0.6 is 0 Å². The number of carbonyl (C=O) groups is 1. The van der Waals surface area contributed by atoms with Crippen molar-refractivity contribution >= 4 is 5.91 Å². The fourth-order valence-corrected chi connectivity index (χ4v) is 1.63. The molecule has 1 saturated heterocycles. The Morgan fingerprint density at radius 2 is 2.07 bits per heavy atom. The Morgan fingerprint density at radius 1 is 1.36 bits per heavy atom. The van der Waals surface area contributed by atoms with Gasteiger partial charge in [0.25, 0.3) is 5.91 Å². The first-order valence-corrected chi connectivity index (χ1v) is 4.67. The molecule has 3 nitrogen and oxygen atoms in total. The molecule has 2 rings (SSSR count). The van der Waals surface area contributed by atoms with Crippen molar-refractivity contribution in [2.45, 2.75) is 12.8 Å². The SMILES string of the molecule is O=C(c1cncc(F)c1)N1CCCC1. The zero-order valence-corrected chi connectivity index (χ0v) is 7.74. The van der Waals surface area contributed by atoms with Crippen LogP contribution in [-0.4, -0.2) is 28.9 Å². The van der Waals surface area contributed by atoms with Gasteiger partial charge >= 0.3 is 0 Å². The van der Waals surface area contributed by atoms with Crippen LogP contribution < -0.4 is 0 Å². The van der Waals surface area contributed by atoms with Crippen molar-refractivity contribution in [3.63, 3.8) is 0 Å². The van der Waals surface area contributed by atoms with Crippen LogP contribution in [0.4, 0.5) is 4.39 Å². The van der Waals surface area contributed by atoms with E-state index in [9.17, 15) is 9.18 Å². The lowest BCUT2D eigenvalue weighted by atomic mass is 10.2. The second kappa shape index (κ2) is 3.74. The number of carbonyl (C=O) groups excluding carboxylic acids is 1. The highest BCUT2D eigenvalue weighted by atomic mass is 19.1. The summed E-state index contributed by atoms with van der Waals surface area (Å²) in [5.74, 6) is -0.579. The Hall–Kier alpha value is -1.45. The number of aromatic nitrogens is 1. The lowest BCUT2D eigenvalue weighted by Crippen LogP contribution is -2.27. The molecule has 0 N–H and O–H groups in total. The molecule has 0 spiro atoms. The van der Waals surface area contributed by atoms with E-state index in [0.29, 0.717) is 5.56 Å². The van der Waals surface area contributed by atoms with Gasteiger partial charge in [0.15, 0.2) is 0 Å². The third-order valence-corrected chi connectivity index (χ3v) is 2.35. The summed E-state index contributed by atoms with van der Waals surface area (Å²) in [6, 6.07) is 1.23. The summed E-state index contributed by atoms with van der Waals surface area (Å²) in [5.41, 5.74) is 0.340. The number of rotatable bonds is 1. The fourth-order valence-electron chi connectivity index (χ4n) is 1.63. The molecule has 4 heteroatoms. The van der Waals surface area contributed by atoms with Gasteiger partial charge in [0.1, 0.15) is 5.82 Å². The van der Waals surface area contributed by atoms with Crippen LogP contribution in [0.3, 0.4) is 0 Å². The van der Waals surface area contributed by atoms with Crippen molar-refractivity contribution in [2.24, 2.45) is 0 Å². The highest BCUT2D eigenvalue weighted by Crippen LogP contribution is 2.12. The smallest absolute Gasteiger partial charge is 0.255 e. The summed E-state index contributed by atoms with van der Waals surface area (Å²) < 4.78 is 12.8. The number of nitrogens with zero attached hydrogens (tertiary/aromatic N) is 2. The third kappa shape index (κ3) is 1.73. The Kier molecular flexibility index (Phi) is 2.43. The molecule has 0 atom stereocenters.